The first-order chi connectivity index (χ1) is 12.0. The van der Waals surface area contributed by atoms with E-state index in [1.54, 1.807) is 0 Å². The van der Waals surface area contributed by atoms with Crippen LogP contribution in [0.25, 0.3) is 11.4 Å². The fourth-order valence-electron chi connectivity index (χ4n) is 2.58. The van der Waals surface area contributed by atoms with Crippen LogP contribution in [-0.2, 0) is 0 Å². The Balaban J connectivity index is 1.58. The van der Waals surface area contributed by atoms with Gasteiger partial charge in [-0.25, -0.2) is 4.68 Å². The van der Waals surface area contributed by atoms with E-state index in [4.69, 9.17) is 10.6 Å². The van der Waals surface area contributed by atoms with E-state index >= 15 is 0 Å². The topological polar surface area (TPSA) is 66.0 Å². The molecule has 0 bridgehead atoms. The second kappa shape index (κ2) is 7.61. The second-order valence-corrected chi connectivity index (χ2v) is 7.12. The number of ether oxygens (including phenoxy) is 1. The summed E-state index contributed by atoms with van der Waals surface area (Å²) in [5, 5.41) is 9.06. The molecule has 0 saturated heterocycles. The van der Waals surface area contributed by atoms with Crippen molar-refractivity contribution in [3.8, 4) is 17.1 Å². The van der Waals surface area contributed by atoms with E-state index in [0.29, 0.717) is 17.6 Å². The van der Waals surface area contributed by atoms with E-state index in [1.165, 1.54) is 33.1 Å². The monoisotopic (exact) mass is 354 g/mol. The molecule has 5 nitrogen and oxygen atoms in total. The molecule has 0 aliphatic carbocycles. The summed E-state index contributed by atoms with van der Waals surface area (Å²) in [7, 11) is 0. The molecule has 0 aliphatic rings. The summed E-state index contributed by atoms with van der Waals surface area (Å²) in [5.41, 5.74) is 4.56. The van der Waals surface area contributed by atoms with Gasteiger partial charge in [-0.1, -0.05) is 47.7 Å². The summed E-state index contributed by atoms with van der Waals surface area (Å²) < 4.78 is 7.35. The number of aryl methyl sites for hydroxylation is 3. The minimum absolute atomic E-state index is 0.584. The Labute approximate surface area is 152 Å². The Morgan fingerprint density at radius 1 is 0.960 bits per heavy atom. The fraction of sp³-hybridized carbons (Fsp3) is 0.263. The molecular weight excluding hydrogens is 332 g/mol. The van der Waals surface area contributed by atoms with Crippen LogP contribution in [0.2, 0.25) is 0 Å². The van der Waals surface area contributed by atoms with Gasteiger partial charge in [0.25, 0.3) is 0 Å². The average molecular weight is 354 g/mol. The standard InChI is InChI=1S/C19H22N4OS/c1-13-4-6-16(7-5-13)18-21-22-19(23(18)20)25-9-8-24-17-11-14(2)10-15(3)12-17/h4-7,10-12H,8-9,20H2,1-3H3. The number of thioether (sulfide) groups is 1. The predicted octanol–water partition coefficient (Wildman–Crippen LogP) is 3.76. The van der Waals surface area contributed by atoms with Crippen LogP contribution in [0.3, 0.4) is 0 Å². The highest BCUT2D eigenvalue weighted by Crippen LogP contribution is 2.22. The van der Waals surface area contributed by atoms with Crippen LogP contribution in [0.4, 0.5) is 0 Å². The summed E-state index contributed by atoms with van der Waals surface area (Å²) in [6.07, 6.45) is 0. The normalized spacial score (nSPS) is 10.8. The molecule has 0 amide bonds. The van der Waals surface area contributed by atoms with Crippen LogP contribution >= 0.6 is 11.8 Å². The molecule has 130 valence electrons. The van der Waals surface area contributed by atoms with Gasteiger partial charge in [-0.05, 0) is 44.0 Å². The van der Waals surface area contributed by atoms with Crippen LogP contribution in [0.5, 0.6) is 5.75 Å². The molecule has 0 spiro atoms. The Kier molecular flexibility index (Phi) is 5.28. The van der Waals surface area contributed by atoms with Crippen LogP contribution < -0.4 is 10.6 Å². The molecular formula is C19H22N4OS. The van der Waals surface area contributed by atoms with E-state index in [2.05, 4.69) is 30.1 Å². The first-order valence-electron chi connectivity index (χ1n) is 8.14. The lowest BCUT2D eigenvalue weighted by Gasteiger charge is -2.08. The van der Waals surface area contributed by atoms with Gasteiger partial charge in [0.1, 0.15) is 5.75 Å². The molecule has 0 aliphatic heterocycles. The molecule has 0 fully saturated rings. The minimum atomic E-state index is 0.584. The third kappa shape index (κ3) is 4.33. The van der Waals surface area contributed by atoms with Crippen molar-refractivity contribution < 1.29 is 4.74 Å². The van der Waals surface area contributed by atoms with E-state index in [0.717, 1.165) is 17.1 Å². The van der Waals surface area contributed by atoms with Gasteiger partial charge < -0.3 is 10.6 Å². The van der Waals surface area contributed by atoms with Crippen molar-refractivity contribution in [3.63, 3.8) is 0 Å². The van der Waals surface area contributed by atoms with Crippen molar-refractivity contribution in [1.29, 1.82) is 0 Å². The highest BCUT2D eigenvalue weighted by molar-refractivity contribution is 7.99. The highest BCUT2D eigenvalue weighted by atomic mass is 32.2. The summed E-state index contributed by atoms with van der Waals surface area (Å²) in [6, 6.07) is 14.3. The lowest BCUT2D eigenvalue weighted by Crippen LogP contribution is -2.12. The van der Waals surface area contributed by atoms with Gasteiger partial charge in [-0.3, -0.25) is 0 Å². The number of hydrogen-bond acceptors (Lipinski definition) is 5. The molecule has 0 unspecified atom stereocenters. The van der Waals surface area contributed by atoms with Crippen LogP contribution in [-0.4, -0.2) is 27.2 Å². The highest BCUT2D eigenvalue weighted by Gasteiger charge is 2.12. The van der Waals surface area contributed by atoms with Crippen molar-refractivity contribution in [2.75, 3.05) is 18.2 Å². The van der Waals surface area contributed by atoms with Gasteiger partial charge in [0, 0.05) is 11.3 Å². The van der Waals surface area contributed by atoms with Gasteiger partial charge in [0.05, 0.1) is 6.61 Å². The maximum atomic E-state index is 6.14. The molecule has 2 N–H and O–H groups in total. The van der Waals surface area contributed by atoms with Gasteiger partial charge in [0.15, 0.2) is 5.82 Å². The fourth-order valence-corrected chi connectivity index (χ4v) is 3.26. The molecule has 0 atom stereocenters. The van der Waals surface area contributed by atoms with Crippen molar-refractivity contribution in [3.05, 3.63) is 59.2 Å². The molecule has 25 heavy (non-hydrogen) atoms. The number of rotatable bonds is 6. The molecule has 3 rings (SSSR count). The van der Waals surface area contributed by atoms with Crippen molar-refractivity contribution >= 4 is 11.8 Å². The van der Waals surface area contributed by atoms with E-state index < -0.39 is 0 Å². The largest absolute Gasteiger partial charge is 0.493 e. The lowest BCUT2D eigenvalue weighted by atomic mass is 10.1. The van der Waals surface area contributed by atoms with E-state index in [-0.39, 0.29) is 0 Å². The SMILES string of the molecule is Cc1ccc(-c2nnc(SCCOc3cc(C)cc(C)c3)n2N)cc1. The lowest BCUT2D eigenvalue weighted by molar-refractivity contribution is 0.343. The molecule has 1 aromatic heterocycles. The molecule has 2 aromatic carbocycles. The van der Waals surface area contributed by atoms with E-state index in [9.17, 15) is 0 Å². The summed E-state index contributed by atoms with van der Waals surface area (Å²) >= 11 is 1.53. The Hall–Kier alpha value is -2.47. The summed E-state index contributed by atoms with van der Waals surface area (Å²) in [4.78, 5) is 0. The van der Waals surface area contributed by atoms with Crippen molar-refractivity contribution in [2.45, 2.75) is 25.9 Å². The molecule has 3 aromatic rings. The Morgan fingerprint density at radius 3 is 2.32 bits per heavy atom. The minimum Gasteiger partial charge on any atom is -0.493 e. The molecule has 1 heterocycles. The second-order valence-electron chi connectivity index (χ2n) is 6.06. The molecule has 6 heteroatoms. The van der Waals surface area contributed by atoms with Gasteiger partial charge in [0.2, 0.25) is 5.16 Å². The Morgan fingerprint density at radius 2 is 1.64 bits per heavy atom. The zero-order valence-electron chi connectivity index (χ0n) is 14.7. The number of nitrogens with zero attached hydrogens (tertiary/aromatic N) is 3. The van der Waals surface area contributed by atoms with Gasteiger partial charge in [-0.15, -0.1) is 10.2 Å². The Bertz CT molecular complexity index is 838. The van der Waals surface area contributed by atoms with Crippen LogP contribution in [0.15, 0.2) is 47.6 Å². The van der Waals surface area contributed by atoms with Gasteiger partial charge >= 0.3 is 0 Å². The smallest absolute Gasteiger partial charge is 0.210 e. The average Bonchev–Trinajstić information content (AvgIpc) is 2.92. The molecule has 0 radical (unpaired) electrons. The van der Waals surface area contributed by atoms with Crippen molar-refractivity contribution in [2.24, 2.45) is 0 Å². The quantitative estimate of drug-likeness (QED) is 0.415. The third-order valence-corrected chi connectivity index (χ3v) is 4.66. The van der Waals surface area contributed by atoms with E-state index in [1.807, 2.05) is 43.3 Å². The predicted molar refractivity (Wildman–Crippen MR) is 102 cm³/mol. The first kappa shape index (κ1) is 17.4. The van der Waals surface area contributed by atoms with Crippen LogP contribution in [0.1, 0.15) is 16.7 Å². The zero-order chi connectivity index (χ0) is 17.8. The number of nitrogens with two attached hydrogens (primary N) is 1. The van der Waals surface area contributed by atoms with Crippen LogP contribution in [0, 0.1) is 20.8 Å². The summed E-state index contributed by atoms with van der Waals surface area (Å²) in [6.45, 7) is 6.77. The number of hydrogen-bond donors (Lipinski definition) is 1. The third-order valence-electron chi connectivity index (χ3n) is 3.75. The number of benzene rings is 2. The van der Waals surface area contributed by atoms with Gasteiger partial charge in [-0.2, -0.15) is 0 Å². The maximum absolute atomic E-state index is 6.14. The zero-order valence-corrected chi connectivity index (χ0v) is 15.5. The number of nitrogen functional groups attached to an aromatic ring is 1. The maximum Gasteiger partial charge on any atom is 0.210 e. The number of aromatic nitrogens is 3. The summed E-state index contributed by atoms with van der Waals surface area (Å²) in [5.74, 6) is 8.44. The first-order valence-corrected chi connectivity index (χ1v) is 9.13. The van der Waals surface area contributed by atoms with Crippen molar-refractivity contribution in [1.82, 2.24) is 14.9 Å². The molecule has 0 saturated carbocycles.